The maximum Gasteiger partial charge on any atom is 0.349 e. The number of nitrogens with one attached hydrogen (secondary N) is 3. The van der Waals surface area contributed by atoms with Gasteiger partial charge in [-0.1, -0.05) is 30.3 Å². The molecule has 23 heavy (non-hydrogen) atoms. The molecule has 0 saturated heterocycles. The first kappa shape index (κ1) is 14.6. The van der Waals surface area contributed by atoms with Crippen LogP contribution in [0.4, 0.5) is 17.8 Å². The highest BCUT2D eigenvalue weighted by Gasteiger charge is 2.09. The molecule has 0 saturated carbocycles. The molecule has 0 fully saturated rings. The van der Waals surface area contributed by atoms with Gasteiger partial charge in [-0.3, -0.25) is 10.3 Å². The van der Waals surface area contributed by atoms with Crippen LogP contribution in [0.5, 0.6) is 0 Å². The Morgan fingerprint density at radius 1 is 0.913 bits per heavy atom. The van der Waals surface area contributed by atoms with Crippen molar-refractivity contribution in [2.24, 2.45) is 0 Å². The fourth-order valence-corrected chi connectivity index (χ4v) is 1.91. The normalized spacial score (nSPS) is 10.3. The number of rotatable bonds is 4. The average molecular weight is 310 g/mol. The summed E-state index contributed by atoms with van der Waals surface area (Å²) >= 11 is 0. The van der Waals surface area contributed by atoms with Gasteiger partial charge in [-0.2, -0.15) is 24.9 Å². The first-order valence-electron chi connectivity index (χ1n) is 6.85. The number of aryl methyl sites for hydroxylation is 1. The summed E-state index contributed by atoms with van der Waals surface area (Å²) in [5.41, 5.74) is 0.351. The molecule has 3 N–H and O–H groups in total. The van der Waals surface area contributed by atoms with Crippen molar-refractivity contribution in [2.45, 2.75) is 6.92 Å². The number of benzene rings is 1. The van der Waals surface area contributed by atoms with Crippen molar-refractivity contribution >= 4 is 17.8 Å². The van der Waals surface area contributed by atoms with Crippen molar-refractivity contribution in [3.8, 4) is 11.4 Å². The second kappa shape index (κ2) is 6.18. The van der Waals surface area contributed by atoms with E-state index in [0.717, 1.165) is 5.56 Å². The quantitative estimate of drug-likeness (QED) is 0.655. The molecule has 0 aliphatic carbocycles. The van der Waals surface area contributed by atoms with Crippen LogP contribution in [0.25, 0.3) is 11.4 Å². The lowest BCUT2D eigenvalue weighted by Gasteiger charge is -2.07. The van der Waals surface area contributed by atoms with Gasteiger partial charge >= 0.3 is 5.69 Å². The highest BCUT2D eigenvalue weighted by Crippen LogP contribution is 2.18. The SMILES string of the molecule is CNc1nc(Nc2nc(C)[nH]c(=O)n2)nc(-c2ccccc2)n1. The van der Waals surface area contributed by atoms with Crippen LogP contribution in [0, 0.1) is 6.92 Å². The van der Waals surface area contributed by atoms with Crippen molar-refractivity contribution in [1.82, 2.24) is 29.9 Å². The van der Waals surface area contributed by atoms with Gasteiger partial charge in [-0.25, -0.2) is 4.79 Å². The minimum Gasteiger partial charge on any atom is -0.357 e. The van der Waals surface area contributed by atoms with Gasteiger partial charge in [0.25, 0.3) is 0 Å². The van der Waals surface area contributed by atoms with E-state index in [1.807, 2.05) is 30.3 Å². The topological polar surface area (TPSA) is 121 Å². The Balaban J connectivity index is 2.00. The van der Waals surface area contributed by atoms with Gasteiger partial charge in [-0.15, -0.1) is 0 Å². The molecule has 0 bridgehead atoms. The minimum atomic E-state index is -0.494. The number of aromatic nitrogens is 6. The van der Waals surface area contributed by atoms with E-state index in [4.69, 9.17) is 0 Å². The van der Waals surface area contributed by atoms with Gasteiger partial charge in [0, 0.05) is 12.6 Å². The molecule has 116 valence electrons. The van der Waals surface area contributed by atoms with E-state index < -0.39 is 5.69 Å². The Hall–Kier alpha value is -3.36. The van der Waals surface area contributed by atoms with E-state index in [2.05, 4.69) is 40.5 Å². The molecule has 0 amide bonds. The lowest BCUT2D eigenvalue weighted by molar-refractivity contribution is 0.927. The number of hydrogen-bond acceptors (Lipinski definition) is 8. The van der Waals surface area contributed by atoms with E-state index in [1.54, 1.807) is 14.0 Å². The highest BCUT2D eigenvalue weighted by atomic mass is 16.1. The zero-order valence-electron chi connectivity index (χ0n) is 12.5. The van der Waals surface area contributed by atoms with Crippen LogP contribution in [0.3, 0.4) is 0 Å². The third kappa shape index (κ3) is 3.46. The van der Waals surface area contributed by atoms with E-state index in [-0.39, 0.29) is 11.9 Å². The second-order valence-electron chi connectivity index (χ2n) is 4.61. The molecule has 3 aromatic rings. The number of hydrogen-bond donors (Lipinski definition) is 3. The molecule has 0 radical (unpaired) electrons. The average Bonchev–Trinajstić information content (AvgIpc) is 2.54. The van der Waals surface area contributed by atoms with E-state index >= 15 is 0 Å². The van der Waals surface area contributed by atoms with Gasteiger partial charge in [0.1, 0.15) is 5.82 Å². The Morgan fingerprint density at radius 3 is 2.30 bits per heavy atom. The summed E-state index contributed by atoms with van der Waals surface area (Å²) in [4.78, 5) is 34.5. The van der Waals surface area contributed by atoms with Crippen molar-refractivity contribution in [3.63, 3.8) is 0 Å². The van der Waals surface area contributed by atoms with Crippen LogP contribution >= 0.6 is 0 Å². The van der Waals surface area contributed by atoms with Crippen LogP contribution < -0.4 is 16.3 Å². The van der Waals surface area contributed by atoms with Crippen LogP contribution in [0.2, 0.25) is 0 Å². The Bertz CT molecular complexity index is 877. The molecule has 0 atom stereocenters. The van der Waals surface area contributed by atoms with Crippen LogP contribution in [0.1, 0.15) is 5.82 Å². The predicted molar refractivity (Wildman–Crippen MR) is 85.5 cm³/mol. The van der Waals surface area contributed by atoms with Gasteiger partial charge in [-0.05, 0) is 6.92 Å². The minimum absolute atomic E-state index is 0.124. The predicted octanol–water partition coefficient (Wildman–Crippen LogP) is 1.11. The zero-order chi connectivity index (χ0) is 16.2. The Kier molecular flexibility index (Phi) is 3.91. The molecule has 1 aromatic carbocycles. The summed E-state index contributed by atoms with van der Waals surface area (Å²) in [6, 6.07) is 9.50. The zero-order valence-corrected chi connectivity index (χ0v) is 12.5. The van der Waals surface area contributed by atoms with Gasteiger partial charge in [0.05, 0.1) is 0 Å². The van der Waals surface area contributed by atoms with Crippen LogP contribution in [0.15, 0.2) is 35.1 Å². The number of nitrogens with zero attached hydrogens (tertiary/aromatic N) is 5. The second-order valence-corrected chi connectivity index (χ2v) is 4.61. The van der Waals surface area contributed by atoms with Crippen LogP contribution in [-0.2, 0) is 0 Å². The molecular formula is C14H14N8O. The monoisotopic (exact) mass is 310 g/mol. The first-order valence-corrected chi connectivity index (χ1v) is 6.85. The third-order valence-corrected chi connectivity index (χ3v) is 2.88. The third-order valence-electron chi connectivity index (χ3n) is 2.88. The van der Waals surface area contributed by atoms with E-state index in [0.29, 0.717) is 17.6 Å². The summed E-state index contributed by atoms with van der Waals surface area (Å²) in [6.45, 7) is 1.66. The molecule has 0 aliphatic heterocycles. The van der Waals surface area contributed by atoms with E-state index in [9.17, 15) is 4.79 Å². The van der Waals surface area contributed by atoms with Gasteiger partial charge < -0.3 is 5.32 Å². The Morgan fingerprint density at radius 2 is 1.61 bits per heavy atom. The van der Waals surface area contributed by atoms with Crippen molar-refractivity contribution in [3.05, 3.63) is 46.6 Å². The summed E-state index contributed by atoms with van der Waals surface area (Å²) in [5.74, 6) is 1.70. The highest BCUT2D eigenvalue weighted by molar-refractivity contribution is 5.58. The molecule has 3 rings (SSSR count). The molecule has 0 spiro atoms. The fourth-order valence-electron chi connectivity index (χ4n) is 1.91. The van der Waals surface area contributed by atoms with Crippen LogP contribution in [-0.4, -0.2) is 37.0 Å². The molecule has 2 heterocycles. The standard InChI is InChI=1S/C14H14N8O/c1-8-16-12(22-14(23)17-8)21-13-19-10(18-11(15-2)20-13)9-6-4-3-5-7-9/h3-7H,1-2H3,(H3,15,16,17,18,19,20,21,22,23). The lowest BCUT2D eigenvalue weighted by Crippen LogP contribution is -2.16. The van der Waals surface area contributed by atoms with Crippen molar-refractivity contribution in [1.29, 1.82) is 0 Å². The maximum atomic E-state index is 11.4. The molecule has 9 nitrogen and oxygen atoms in total. The smallest absolute Gasteiger partial charge is 0.349 e. The molecular weight excluding hydrogens is 296 g/mol. The lowest BCUT2D eigenvalue weighted by atomic mass is 10.2. The van der Waals surface area contributed by atoms with Crippen molar-refractivity contribution < 1.29 is 0 Å². The number of anilines is 3. The molecule has 0 aliphatic rings. The summed E-state index contributed by atoms with van der Waals surface area (Å²) in [7, 11) is 1.71. The Labute approximate surface area is 131 Å². The molecule has 0 unspecified atom stereocenters. The number of aromatic amines is 1. The van der Waals surface area contributed by atoms with E-state index in [1.165, 1.54) is 0 Å². The fraction of sp³-hybridized carbons (Fsp3) is 0.143. The number of H-pyrrole nitrogens is 1. The largest absolute Gasteiger partial charge is 0.357 e. The summed E-state index contributed by atoms with van der Waals surface area (Å²) in [5, 5.41) is 5.70. The molecule has 9 heteroatoms. The first-order chi connectivity index (χ1) is 11.1. The summed E-state index contributed by atoms with van der Waals surface area (Å²) in [6.07, 6.45) is 0. The maximum absolute atomic E-state index is 11.4. The van der Waals surface area contributed by atoms with Gasteiger partial charge in [0.2, 0.25) is 17.8 Å². The molecule has 2 aromatic heterocycles. The van der Waals surface area contributed by atoms with Gasteiger partial charge in [0.15, 0.2) is 5.82 Å². The van der Waals surface area contributed by atoms with Crippen molar-refractivity contribution in [2.75, 3.05) is 17.7 Å². The summed E-state index contributed by atoms with van der Waals surface area (Å²) < 4.78 is 0.